The molecule has 18 heavy (non-hydrogen) atoms. The Hall–Kier alpha value is -1.32. The van der Waals surface area contributed by atoms with Gasteiger partial charge in [0.05, 0.1) is 5.69 Å². The van der Waals surface area contributed by atoms with Crippen LogP contribution in [0.15, 0.2) is 18.2 Å². The Kier molecular flexibility index (Phi) is 2.88. The van der Waals surface area contributed by atoms with Gasteiger partial charge < -0.3 is 5.73 Å². The first-order valence-electron chi connectivity index (χ1n) is 6.26. The van der Waals surface area contributed by atoms with E-state index in [9.17, 15) is 0 Å². The second-order valence-electron chi connectivity index (χ2n) is 4.71. The van der Waals surface area contributed by atoms with Gasteiger partial charge in [-0.15, -0.1) is 0 Å². The quantitative estimate of drug-likeness (QED) is 0.903. The predicted octanol–water partition coefficient (Wildman–Crippen LogP) is 2.92. The fraction of sp³-hybridized carbons (Fsp3) is 0.357. The number of hydrogen-bond acceptors (Lipinski definition) is 2. The van der Waals surface area contributed by atoms with Gasteiger partial charge in [-0.25, -0.2) is 0 Å². The molecule has 3 rings (SSSR count). The average Bonchev–Trinajstić information content (AvgIpc) is 2.92. The van der Waals surface area contributed by atoms with Gasteiger partial charge in [-0.1, -0.05) is 23.7 Å². The van der Waals surface area contributed by atoms with Gasteiger partial charge in [0.1, 0.15) is 0 Å². The lowest BCUT2D eigenvalue weighted by atomic mass is 9.97. The van der Waals surface area contributed by atoms with E-state index >= 15 is 0 Å². The molecule has 0 unspecified atom stereocenters. The Morgan fingerprint density at radius 1 is 1.44 bits per heavy atom. The van der Waals surface area contributed by atoms with Crippen LogP contribution >= 0.6 is 11.6 Å². The highest BCUT2D eigenvalue weighted by molar-refractivity contribution is 6.31. The third-order valence-electron chi connectivity index (χ3n) is 3.64. The van der Waals surface area contributed by atoms with Crippen molar-refractivity contribution in [2.75, 3.05) is 0 Å². The standard InChI is InChI=1S/C14H16ClN3/c1-9-10(4-2-5-11(9)15)14-12(8-16)17-18-7-3-6-13(14)18/h2,4-5H,3,6-8,16H2,1H3. The van der Waals surface area contributed by atoms with Crippen molar-refractivity contribution in [3.05, 3.63) is 40.2 Å². The van der Waals surface area contributed by atoms with Crippen LogP contribution in [-0.2, 0) is 19.5 Å². The summed E-state index contributed by atoms with van der Waals surface area (Å²) < 4.78 is 2.10. The zero-order valence-electron chi connectivity index (χ0n) is 10.4. The monoisotopic (exact) mass is 261 g/mol. The largest absolute Gasteiger partial charge is 0.325 e. The van der Waals surface area contributed by atoms with Crippen LogP contribution in [0.1, 0.15) is 23.4 Å². The van der Waals surface area contributed by atoms with E-state index in [4.69, 9.17) is 17.3 Å². The van der Waals surface area contributed by atoms with Crippen molar-refractivity contribution < 1.29 is 0 Å². The molecule has 2 heterocycles. The molecule has 1 aliphatic heterocycles. The van der Waals surface area contributed by atoms with Crippen LogP contribution in [0.2, 0.25) is 5.02 Å². The summed E-state index contributed by atoms with van der Waals surface area (Å²) in [5, 5.41) is 5.40. The van der Waals surface area contributed by atoms with Gasteiger partial charge in [-0.05, 0) is 37.0 Å². The van der Waals surface area contributed by atoms with E-state index in [1.54, 1.807) is 0 Å². The molecule has 1 aliphatic rings. The predicted molar refractivity (Wildman–Crippen MR) is 73.6 cm³/mol. The Morgan fingerprint density at radius 3 is 3.06 bits per heavy atom. The molecule has 0 saturated heterocycles. The molecule has 0 saturated carbocycles. The van der Waals surface area contributed by atoms with Crippen LogP contribution in [-0.4, -0.2) is 9.78 Å². The lowest BCUT2D eigenvalue weighted by molar-refractivity contribution is 0.644. The van der Waals surface area contributed by atoms with E-state index in [1.807, 2.05) is 12.1 Å². The molecule has 3 nitrogen and oxygen atoms in total. The maximum atomic E-state index is 6.22. The Bertz CT molecular complexity index is 601. The van der Waals surface area contributed by atoms with Gasteiger partial charge in [0, 0.05) is 29.4 Å². The van der Waals surface area contributed by atoms with Gasteiger partial charge >= 0.3 is 0 Å². The molecule has 0 aliphatic carbocycles. The maximum Gasteiger partial charge on any atom is 0.0841 e. The maximum absolute atomic E-state index is 6.22. The minimum atomic E-state index is 0.473. The smallest absolute Gasteiger partial charge is 0.0841 e. The molecule has 1 aromatic carbocycles. The van der Waals surface area contributed by atoms with Gasteiger partial charge in [0.25, 0.3) is 0 Å². The normalized spacial score (nSPS) is 13.9. The first-order valence-corrected chi connectivity index (χ1v) is 6.64. The fourth-order valence-corrected chi connectivity index (χ4v) is 2.89. The zero-order valence-corrected chi connectivity index (χ0v) is 11.2. The summed E-state index contributed by atoms with van der Waals surface area (Å²) in [7, 11) is 0. The summed E-state index contributed by atoms with van der Waals surface area (Å²) in [6.07, 6.45) is 2.24. The van der Waals surface area contributed by atoms with Crippen LogP contribution in [0.25, 0.3) is 11.1 Å². The van der Waals surface area contributed by atoms with Gasteiger partial charge in [-0.2, -0.15) is 5.10 Å². The lowest BCUT2D eigenvalue weighted by Gasteiger charge is -2.09. The topological polar surface area (TPSA) is 43.8 Å². The molecule has 0 atom stereocenters. The van der Waals surface area contributed by atoms with Gasteiger partial charge in [-0.3, -0.25) is 4.68 Å². The second-order valence-corrected chi connectivity index (χ2v) is 5.12. The molecule has 1 aromatic heterocycles. The minimum Gasteiger partial charge on any atom is -0.325 e. The van der Waals surface area contributed by atoms with Crippen LogP contribution in [0.3, 0.4) is 0 Å². The molecule has 2 N–H and O–H groups in total. The summed E-state index contributed by atoms with van der Waals surface area (Å²) in [5.74, 6) is 0. The highest BCUT2D eigenvalue weighted by Crippen LogP contribution is 2.35. The summed E-state index contributed by atoms with van der Waals surface area (Å²) in [6.45, 7) is 3.53. The number of benzene rings is 1. The molecule has 0 amide bonds. The Morgan fingerprint density at radius 2 is 2.28 bits per heavy atom. The van der Waals surface area contributed by atoms with Crippen molar-refractivity contribution in [3.8, 4) is 11.1 Å². The second kappa shape index (κ2) is 4.41. The Labute approximate surface area is 112 Å². The SMILES string of the molecule is Cc1c(Cl)cccc1-c1c(CN)nn2c1CCC2. The summed E-state index contributed by atoms with van der Waals surface area (Å²) in [5.41, 5.74) is 11.6. The van der Waals surface area contributed by atoms with E-state index in [0.29, 0.717) is 6.54 Å². The van der Waals surface area contributed by atoms with Gasteiger partial charge in [0.15, 0.2) is 0 Å². The molecular formula is C14H16ClN3. The highest BCUT2D eigenvalue weighted by atomic mass is 35.5. The number of aromatic nitrogens is 2. The first kappa shape index (κ1) is 11.8. The van der Waals surface area contributed by atoms with Crippen LogP contribution in [0.4, 0.5) is 0 Å². The fourth-order valence-electron chi connectivity index (χ4n) is 2.72. The number of nitrogens with two attached hydrogens (primary N) is 1. The van der Waals surface area contributed by atoms with Crippen LogP contribution in [0.5, 0.6) is 0 Å². The molecule has 0 radical (unpaired) electrons. The van der Waals surface area contributed by atoms with E-state index in [0.717, 1.165) is 29.2 Å². The highest BCUT2D eigenvalue weighted by Gasteiger charge is 2.23. The van der Waals surface area contributed by atoms with Crippen molar-refractivity contribution in [1.82, 2.24) is 9.78 Å². The molecule has 0 spiro atoms. The molecular weight excluding hydrogens is 246 g/mol. The van der Waals surface area contributed by atoms with Crippen molar-refractivity contribution in [1.29, 1.82) is 0 Å². The number of rotatable bonds is 2. The van der Waals surface area contributed by atoms with Crippen LogP contribution < -0.4 is 5.73 Å². The third kappa shape index (κ3) is 1.66. The average molecular weight is 262 g/mol. The first-order chi connectivity index (χ1) is 8.72. The minimum absolute atomic E-state index is 0.473. The molecule has 0 fully saturated rings. The van der Waals surface area contributed by atoms with E-state index in [2.05, 4.69) is 22.8 Å². The van der Waals surface area contributed by atoms with Crippen molar-refractivity contribution in [2.24, 2.45) is 5.73 Å². The van der Waals surface area contributed by atoms with Crippen LogP contribution in [0, 0.1) is 6.92 Å². The zero-order chi connectivity index (χ0) is 12.7. The van der Waals surface area contributed by atoms with Crippen molar-refractivity contribution in [2.45, 2.75) is 32.9 Å². The number of hydrogen-bond donors (Lipinski definition) is 1. The van der Waals surface area contributed by atoms with Crippen molar-refractivity contribution >= 4 is 11.6 Å². The third-order valence-corrected chi connectivity index (χ3v) is 4.05. The summed E-state index contributed by atoms with van der Waals surface area (Å²) >= 11 is 6.22. The number of nitrogens with zero attached hydrogens (tertiary/aromatic N) is 2. The summed E-state index contributed by atoms with van der Waals surface area (Å²) in [6, 6.07) is 6.02. The van der Waals surface area contributed by atoms with E-state index < -0.39 is 0 Å². The molecule has 2 aromatic rings. The van der Waals surface area contributed by atoms with Crippen molar-refractivity contribution in [3.63, 3.8) is 0 Å². The Balaban J connectivity index is 2.25. The van der Waals surface area contributed by atoms with E-state index in [1.165, 1.54) is 23.2 Å². The summed E-state index contributed by atoms with van der Waals surface area (Å²) in [4.78, 5) is 0. The van der Waals surface area contributed by atoms with Gasteiger partial charge in [0.2, 0.25) is 0 Å². The number of halogens is 1. The number of aryl methyl sites for hydroxylation is 1. The lowest BCUT2D eigenvalue weighted by Crippen LogP contribution is -2.01. The molecule has 94 valence electrons. The molecule has 4 heteroatoms. The van der Waals surface area contributed by atoms with E-state index in [-0.39, 0.29) is 0 Å². The molecule has 0 bridgehead atoms. The number of fused-ring (bicyclic) bond motifs is 1.